The molecule has 0 fully saturated rings. The predicted octanol–water partition coefficient (Wildman–Crippen LogP) is 3.07. The van der Waals surface area contributed by atoms with Crippen LogP contribution in [0.25, 0.3) is 0 Å². The summed E-state index contributed by atoms with van der Waals surface area (Å²) in [4.78, 5) is 12.2. The zero-order valence-electron chi connectivity index (χ0n) is 9.41. The molecule has 0 heterocycles. The van der Waals surface area contributed by atoms with Crippen LogP contribution in [0.1, 0.15) is 23.7 Å². The van der Waals surface area contributed by atoms with Crippen molar-refractivity contribution in [2.24, 2.45) is 0 Å². The van der Waals surface area contributed by atoms with Crippen LogP contribution in [-0.4, -0.2) is 24.1 Å². The number of carbonyl (C=O) groups is 1. The topological polar surface area (TPSA) is 51.2 Å². The zero-order chi connectivity index (χ0) is 13.3. The Morgan fingerprint density at radius 1 is 1.47 bits per heavy atom. The largest absolute Gasteiger partial charge is 0.291 e. The van der Waals surface area contributed by atoms with Crippen LogP contribution in [0, 0.1) is 0 Å². The van der Waals surface area contributed by atoms with Gasteiger partial charge in [0.05, 0.1) is 0 Å². The molecule has 0 saturated heterocycles. The quantitative estimate of drug-likeness (QED) is 0.626. The van der Waals surface area contributed by atoms with Gasteiger partial charge in [-0.3, -0.25) is 4.79 Å². The Labute approximate surface area is 114 Å². The molecule has 0 aliphatic rings. The fourth-order valence-corrected chi connectivity index (χ4v) is 2.83. The molecule has 3 nitrogen and oxygen atoms in total. The SMILES string of the molecule is CC[C@@](Br)(C(=O)c1cccc(Cl)c1)S(C)(=O)=O. The van der Waals surface area contributed by atoms with Crippen LogP contribution in [0.15, 0.2) is 24.3 Å². The number of hydrogen-bond donors (Lipinski definition) is 0. The van der Waals surface area contributed by atoms with E-state index in [2.05, 4.69) is 15.9 Å². The van der Waals surface area contributed by atoms with Crippen molar-refractivity contribution in [3.05, 3.63) is 34.9 Å². The van der Waals surface area contributed by atoms with Gasteiger partial charge in [0.15, 0.2) is 19.3 Å². The first kappa shape index (κ1) is 14.7. The minimum atomic E-state index is -3.55. The van der Waals surface area contributed by atoms with Crippen molar-refractivity contribution in [3.8, 4) is 0 Å². The molecule has 0 saturated carbocycles. The lowest BCUT2D eigenvalue weighted by molar-refractivity contribution is 0.0976. The van der Waals surface area contributed by atoms with Crippen LogP contribution in [0.5, 0.6) is 0 Å². The Morgan fingerprint density at radius 2 is 2.06 bits per heavy atom. The predicted molar refractivity (Wildman–Crippen MR) is 72.6 cm³/mol. The lowest BCUT2D eigenvalue weighted by Crippen LogP contribution is -2.39. The smallest absolute Gasteiger partial charge is 0.194 e. The molecule has 0 aliphatic heterocycles. The Hall–Kier alpha value is -0.390. The van der Waals surface area contributed by atoms with Crippen LogP contribution in [0.2, 0.25) is 5.02 Å². The lowest BCUT2D eigenvalue weighted by atomic mass is 10.1. The van der Waals surface area contributed by atoms with Crippen molar-refractivity contribution in [2.45, 2.75) is 17.0 Å². The average Bonchev–Trinajstić information content (AvgIpc) is 2.25. The first-order valence-corrected chi connectivity index (χ1v) is 7.97. The third kappa shape index (κ3) is 2.89. The number of benzene rings is 1. The van der Waals surface area contributed by atoms with Crippen molar-refractivity contribution in [2.75, 3.05) is 6.26 Å². The summed E-state index contributed by atoms with van der Waals surface area (Å²) in [6.07, 6.45) is 1.19. The second kappa shape index (κ2) is 5.08. The molecule has 0 radical (unpaired) electrons. The van der Waals surface area contributed by atoms with Gasteiger partial charge in [-0.05, 0) is 18.6 Å². The highest BCUT2D eigenvalue weighted by Crippen LogP contribution is 2.33. The van der Waals surface area contributed by atoms with Gasteiger partial charge >= 0.3 is 0 Å². The molecule has 1 atom stereocenters. The van der Waals surface area contributed by atoms with Crippen LogP contribution in [0.4, 0.5) is 0 Å². The molecule has 0 bridgehead atoms. The Bertz CT molecular complexity index is 541. The highest BCUT2D eigenvalue weighted by molar-refractivity contribution is 9.12. The zero-order valence-corrected chi connectivity index (χ0v) is 12.6. The van der Waals surface area contributed by atoms with E-state index < -0.39 is 19.3 Å². The van der Waals surface area contributed by atoms with Crippen LogP contribution >= 0.6 is 27.5 Å². The minimum Gasteiger partial charge on any atom is -0.291 e. The van der Waals surface area contributed by atoms with Gasteiger partial charge < -0.3 is 0 Å². The molecule has 1 aromatic rings. The van der Waals surface area contributed by atoms with Gasteiger partial charge in [0.1, 0.15) is 0 Å². The Kier molecular flexibility index (Phi) is 4.38. The number of hydrogen-bond acceptors (Lipinski definition) is 3. The Balaban J connectivity index is 3.29. The second-order valence-electron chi connectivity index (χ2n) is 3.69. The van der Waals surface area contributed by atoms with Crippen LogP contribution in [0.3, 0.4) is 0 Å². The molecule has 94 valence electrons. The lowest BCUT2D eigenvalue weighted by Gasteiger charge is -2.22. The van der Waals surface area contributed by atoms with Crippen LogP contribution in [-0.2, 0) is 9.84 Å². The summed E-state index contributed by atoms with van der Waals surface area (Å²) in [5.74, 6) is -0.495. The molecular formula is C11H12BrClO3S. The van der Waals surface area contributed by atoms with Crippen molar-refractivity contribution < 1.29 is 13.2 Å². The molecule has 1 aromatic carbocycles. The van der Waals surface area contributed by atoms with E-state index in [1.165, 1.54) is 6.07 Å². The number of ketones is 1. The van der Waals surface area contributed by atoms with Gasteiger partial charge in [0.25, 0.3) is 0 Å². The summed E-state index contributed by atoms with van der Waals surface area (Å²) in [5.41, 5.74) is 0.279. The van der Waals surface area contributed by atoms with E-state index >= 15 is 0 Å². The molecule has 17 heavy (non-hydrogen) atoms. The number of sulfone groups is 1. The maximum atomic E-state index is 12.2. The van der Waals surface area contributed by atoms with Crippen molar-refractivity contribution >= 4 is 43.2 Å². The third-order valence-corrected chi connectivity index (χ3v) is 7.04. The fraction of sp³-hybridized carbons (Fsp3) is 0.364. The van der Waals surface area contributed by atoms with Gasteiger partial charge in [0, 0.05) is 16.8 Å². The monoisotopic (exact) mass is 338 g/mol. The molecule has 0 amide bonds. The molecule has 0 unspecified atom stereocenters. The molecule has 0 aromatic heterocycles. The highest BCUT2D eigenvalue weighted by Gasteiger charge is 2.44. The van der Waals surface area contributed by atoms with Crippen molar-refractivity contribution in [3.63, 3.8) is 0 Å². The number of carbonyl (C=O) groups excluding carboxylic acids is 1. The summed E-state index contributed by atoms with van der Waals surface area (Å²) >= 11 is 8.83. The fourth-order valence-electron chi connectivity index (χ4n) is 1.44. The normalized spacial score (nSPS) is 15.3. The van der Waals surface area contributed by atoms with Gasteiger partial charge in [-0.15, -0.1) is 0 Å². The minimum absolute atomic E-state index is 0.150. The molecule has 1 rings (SSSR count). The molecule has 0 spiro atoms. The van der Waals surface area contributed by atoms with Crippen LogP contribution < -0.4 is 0 Å². The van der Waals surface area contributed by atoms with E-state index in [-0.39, 0.29) is 12.0 Å². The number of alkyl halides is 1. The van der Waals surface area contributed by atoms with E-state index in [1.54, 1.807) is 25.1 Å². The molecule has 0 aliphatic carbocycles. The summed E-state index contributed by atoms with van der Waals surface area (Å²) in [7, 11) is -3.55. The number of Topliss-reactive ketones (excluding diaryl/α,β-unsaturated/α-hetero) is 1. The van der Waals surface area contributed by atoms with Gasteiger partial charge in [-0.2, -0.15) is 0 Å². The first-order valence-electron chi connectivity index (χ1n) is 4.91. The first-order chi connectivity index (χ1) is 7.72. The van der Waals surface area contributed by atoms with E-state index in [0.717, 1.165) is 6.26 Å². The van der Waals surface area contributed by atoms with E-state index in [1.807, 2.05) is 0 Å². The van der Waals surface area contributed by atoms with Gasteiger partial charge in [-0.1, -0.05) is 46.6 Å². The van der Waals surface area contributed by atoms with Gasteiger partial charge in [-0.25, -0.2) is 8.42 Å². The maximum Gasteiger partial charge on any atom is 0.194 e. The van der Waals surface area contributed by atoms with E-state index in [0.29, 0.717) is 5.02 Å². The average molecular weight is 340 g/mol. The standard InChI is InChI=1S/C11H12BrClO3S/c1-3-11(12,17(2,15)16)10(14)8-5-4-6-9(13)7-8/h4-7H,3H2,1-2H3/t11-/m0/s1. The van der Waals surface area contributed by atoms with E-state index in [4.69, 9.17) is 11.6 Å². The van der Waals surface area contributed by atoms with E-state index in [9.17, 15) is 13.2 Å². The maximum absolute atomic E-state index is 12.2. The summed E-state index contributed by atoms with van der Waals surface area (Å²) in [6.45, 7) is 1.64. The summed E-state index contributed by atoms with van der Waals surface area (Å²) in [5, 5.41) is 0.398. The van der Waals surface area contributed by atoms with Gasteiger partial charge in [0.2, 0.25) is 0 Å². The number of halogens is 2. The Morgan fingerprint density at radius 3 is 2.47 bits per heavy atom. The molecule has 6 heteroatoms. The van der Waals surface area contributed by atoms with Crippen molar-refractivity contribution in [1.82, 2.24) is 0 Å². The van der Waals surface area contributed by atoms with Crippen molar-refractivity contribution in [1.29, 1.82) is 0 Å². The molecular weight excluding hydrogens is 328 g/mol. The summed E-state index contributed by atoms with van der Waals surface area (Å²) in [6, 6.07) is 6.24. The molecule has 0 N–H and O–H groups in total. The second-order valence-corrected chi connectivity index (χ2v) is 8.25. The number of rotatable bonds is 4. The third-order valence-electron chi connectivity index (χ3n) is 2.47. The summed E-state index contributed by atoms with van der Waals surface area (Å²) < 4.78 is 21.8. The highest BCUT2D eigenvalue weighted by atomic mass is 79.9.